The molecule has 0 aliphatic heterocycles. The van der Waals surface area contributed by atoms with Crippen LogP contribution in [-0.4, -0.2) is 30.1 Å². The highest BCUT2D eigenvalue weighted by Gasteiger charge is 2.31. The Bertz CT molecular complexity index is 536. The molecule has 1 rings (SSSR count). The molecule has 116 valence electrons. The van der Waals surface area contributed by atoms with Gasteiger partial charge in [-0.3, -0.25) is 9.59 Å². The number of amides is 1. The lowest BCUT2D eigenvalue weighted by Crippen LogP contribution is -2.42. The maximum absolute atomic E-state index is 11.7. The first kappa shape index (κ1) is 17.6. The summed E-state index contributed by atoms with van der Waals surface area (Å²) in [5.41, 5.74) is -0.987. The normalized spacial score (nSPS) is 13.3. The van der Waals surface area contributed by atoms with Gasteiger partial charge in [0, 0.05) is 12.6 Å². The molecule has 0 aromatic heterocycles. The monoisotopic (exact) mass is 333 g/mol. The van der Waals surface area contributed by atoms with Crippen LogP contribution in [-0.2, 0) is 9.59 Å². The van der Waals surface area contributed by atoms with E-state index < -0.39 is 17.3 Å². The number of hydrogen-bond acceptors (Lipinski definition) is 3. The fourth-order valence-corrected chi connectivity index (χ4v) is 1.70. The number of carbonyl (C=O) groups is 2. The fourth-order valence-electron chi connectivity index (χ4n) is 1.41. The Hall–Kier alpha value is -1.46. The number of halogens is 2. The van der Waals surface area contributed by atoms with Crippen molar-refractivity contribution in [1.82, 2.24) is 5.32 Å². The summed E-state index contributed by atoms with van der Waals surface area (Å²) in [6.07, 6.45) is 0.413. The summed E-state index contributed by atoms with van der Waals surface area (Å²) in [7, 11) is 0. The van der Waals surface area contributed by atoms with E-state index in [-0.39, 0.29) is 13.2 Å². The minimum absolute atomic E-state index is 0.0440. The van der Waals surface area contributed by atoms with Crippen LogP contribution in [0.15, 0.2) is 18.2 Å². The summed E-state index contributed by atoms with van der Waals surface area (Å²) < 4.78 is 5.26. The van der Waals surface area contributed by atoms with Crippen molar-refractivity contribution in [2.75, 3.05) is 13.2 Å². The maximum atomic E-state index is 11.7. The fraction of sp³-hybridized carbons (Fsp3) is 0.429. The van der Waals surface area contributed by atoms with Gasteiger partial charge < -0.3 is 15.2 Å². The highest BCUT2D eigenvalue weighted by atomic mass is 35.5. The molecule has 0 aliphatic rings. The van der Waals surface area contributed by atoms with E-state index in [1.54, 1.807) is 26.0 Å². The van der Waals surface area contributed by atoms with Gasteiger partial charge >= 0.3 is 5.97 Å². The third kappa shape index (κ3) is 5.10. The van der Waals surface area contributed by atoms with Gasteiger partial charge in [0.15, 0.2) is 6.61 Å². The molecule has 0 saturated heterocycles. The molecule has 1 unspecified atom stereocenters. The maximum Gasteiger partial charge on any atom is 0.311 e. The first-order valence-corrected chi connectivity index (χ1v) is 7.12. The van der Waals surface area contributed by atoms with Crippen LogP contribution in [0.2, 0.25) is 10.0 Å². The lowest BCUT2D eigenvalue weighted by molar-refractivity contribution is -0.148. The van der Waals surface area contributed by atoms with Crippen molar-refractivity contribution in [3.8, 4) is 5.75 Å². The molecule has 21 heavy (non-hydrogen) atoms. The van der Waals surface area contributed by atoms with Gasteiger partial charge in [-0.05, 0) is 25.5 Å². The second kappa shape index (κ2) is 7.52. The average Bonchev–Trinajstić information content (AvgIpc) is 2.45. The van der Waals surface area contributed by atoms with Gasteiger partial charge in [-0.15, -0.1) is 0 Å². The van der Waals surface area contributed by atoms with Crippen molar-refractivity contribution in [3.05, 3.63) is 28.2 Å². The molecular weight excluding hydrogens is 317 g/mol. The smallest absolute Gasteiger partial charge is 0.311 e. The van der Waals surface area contributed by atoms with Crippen molar-refractivity contribution < 1.29 is 19.4 Å². The lowest BCUT2D eigenvalue weighted by Gasteiger charge is -2.23. The van der Waals surface area contributed by atoms with Crippen molar-refractivity contribution in [3.63, 3.8) is 0 Å². The molecular formula is C14H17Cl2NO4. The van der Waals surface area contributed by atoms with E-state index in [2.05, 4.69) is 5.32 Å². The summed E-state index contributed by atoms with van der Waals surface area (Å²) in [6, 6.07) is 4.66. The van der Waals surface area contributed by atoms with E-state index in [1.807, 2.05) is 0 Å². The molecule has 0 spiro atoms. The number of hydrogen-bond donors (Lipinski definition) is 2. The Morgan fingerprint density at radius 3 is 2.52 bits per heavy atom. The second-order valence-electron chi connectivity index (χ2n) is 4.86. The molecule has 0 aliphatic carbocycles. The highest BCUT2D eigenvalue weighted by Crippen LogP contribution is 2.26. The Labute approximate surface area is 133 Å². The zero-order chi connectivity index (χ0) is 16.0. The zero-order valence-electron chi connectivity index (χ0n) is 11.8. The molecule has 5 nitrogen and oxygen atoms in total. The topological polar surface area (TPSA) is 75.6 Å². The average molecular weight is 334 g/mol. The number of carbonyl (C=O) groups excluding carboxylic acids is 1. The third-order valence-electron chi connectivity index (χ3n) is 3.23. The number of benzene rings is 1. The lowest BCUT2D eigenvalue weighted by atomic mass is 9.88. The number of ether oxygens (including phenoxy) is 1. The van der Waals surface area contributed by atoms with E-state index >= 15 is 0 Å². The van der Waals surface area contributed by atoms with Crippen LogP contribution in [0.25, 0.3) is 0 Å². The van der Waals surface area contributed by atoms with Crippen molar-refractivity contribution in [2.45, 2.75) is 20.3 Å². The molecule has 2 N–H and O–H groups in total. The number of carboxylic acids is 1. The first-order valence-electron chi connectivity index (χ1n) is 6.36. The number of aliphatic carboxylic acids is 1. The summed E-state index contributed by atoms with van der Waals surface area (Å²) in [5.74, 6) is -0.936. The van der Waals surface area contributed by atoms with Crippen LogP contribution in [0.1, 0.15) is 20.3 Å². The zero-order valence-corrected chi connectivity index (χ0v) is 13.3. The Kier molecular flexibility index (Phi) is 6.30. The summed E-state index contributed by atoms with van der Waals surface area (Å²) in [4.78, 5) is 22.8. The predicted molar refractivity (Wildman–Crippen MR) is 81.0 cm³/mol. The van der Waals surface area contributed by atoms with E-state index in [4.69, 9.17) is 33.0 Å². The molecule has 7 heteroatoms. The molecule has 0 heterocycles. The predicted octanol–water partition coefficient (Wildman–Crippen LogP) is 2.99. The number of carboxylic acid groups (broad SMARTS) is 1. The molecule has 1 atom stereocenters. The number of rotatable bonds is 7. The molecule has 0 saturated carbocycles. The quantitative estimate of drug-likeness (QED) is 0.804. The van der Waals surface area contributed by atoms with Crippen LogP contribution in [0, 0.1) is 5.41 Å². The van der Waals surface area contributed by atoms with Crippen LogP contribution >= 0.6 is 23.2 Å². The van der Waals surface area contributed by atoms with Gasteiger partial charge in [0.1, 0.15) is 5.75 Å². The molecule has 1 aromatic rings. The van der Waals surface area contributed by atoms with E-state index in [0.29, 0.717) is 22.2 Å². The van der Waals surface area contributed by atoms with E-state index in [1.165, 1.54) is 6.07 Å². The van der Waals surface area contributed by atoms with Gasteiger partial charge in [0.25, 0.3) is 5.91 Å². The van der Waals surface area contributed by atoms with Crippen LogP contribution in [0.3, 0.4) is 0 Å². The Morgan fingerprint density at radius 2 is 2.00 bits per heavy atom. The van der Waals surface area contributed by atoms with E-state index in [0.717, 1.165) is 0 Å². The van der Waals surface area contributed by atoms with Gasteiger partial charge in [-0.2, -0.15) is 0 Å². The van der Waals surface area contributed by atoms with Gasteiger partial charge in [0.2, 0.25) is 0 Å². The minimum atomic E-state index is -0.987. The Morgan fingerprint density at radius 1 is 1.33 bits per heavy atom. The molecule has 1 aromatic carbocycles. The number of nitrogens with one attached hydrogen (secondary N) is 1. The van der Waals surface area contributed by atoms with Gasteiger partial charge in [-0.25, -0.2) is 0 Å². The molecule has 0 bridgehead atoms. The summed E-state index contributed by atoms with van der Waals surface area (Å²) >= 11 is 11.6. The Balaban J connectivity index is 2.47. The van der Waals surface area contributed by atoms with Crippen molar-refractivity contribution >= 4 is 35.1 Å². The van der Waals surface area contributed by atoms with Crippen LogP contribution in [0.4, 0.5) is 0 Å². The van der Waals surface area contributed by atoms with Crippen molar-refractivity contribution in [2.24, 2.45) is 5.41 Å². The third-order valence-corrected chi connectivity index (χ3v) is 3.97. The van der Waals surface area contributed by atoms with Crippen LogP contribution < -0.4 is 10.1 Å². The summed E-state index contributed by atoms with van der Waals surface area (Å²) in [5, 5.41) is 12.4. The molecule has 0 fully saturated rings. The summed E-state index contributed by atoms with van der Waals surface area (Å²) in [6.45, 7) is 3.15. The second-order valence-corrected chi connectivity index (χ2v) is 5.68. The highest BCUT2D eigenvalue weighted by molar-refractivity contribution is 6.42. The molecule has 0 radical (unpaired) electrons. The van der Waals surface area contributed by atoms with Crippen molar-refractivity contribution in [1.29, 1.82) is 0 Å². The van der Waals surface area contributed by atoms with Gasteiger partial charge in [-0.1, -0.05) is 30.1 Å². The largest absolute Gasteiger partial charge is 0.484 e. The van der Waals surface area contributed by atoms with Gasteiger partial charge in [0.05, 0.1) is 15.5 Å². The molecule has 1 amide bonds. The standard InChI is InChI=1S/C14H17Cl2NO4/c1-3-14(2,13(19)20)8-17-12(18)7-21-9-4-5-10(15)11(16)6-9/h4-6H,3,7-8H2,1-2H3,(H,17,18)(H,19,20). The first-order chi connectivity index (χ1) is 9.78. The minimum Gasteiger partial charge on any atom is -0.484 e. The SMILES string of the molecule is CCC(C)(CNC(=O)COc1ccc(Cl)c(Cl)c1)C(=O)O. The van der Waals surface area contributed by atoms with E-state index in [9.17, 15) is 9.59 Å². The van der Waals surface area contributed by atoms with Crippen LogP contribution in [0.5, 0.6) is 5.75 Å².